The van der Waals surface area contributed by atoms with E-state index in [9.17, 15) is 14.4 Å². The van der Waals surface area contributed by atoms with E-state index in [1.165, 1.54) is 6.92 Å². The van der Waals surface area contributed by atoms with Gasteiger partial charge in [0.25, 0.3) is 0 Å². The summed E-state index contributed by atoms with van der Waals surface area (Å²) in [6, 6.07) is 10.4. The first-order chi connectivity index (χ1) is 13.8. The van der Waals surface area contributed by atoms with Gasteiger partial charge in [0.05, 0.1) is 29.4 Å². The summed E-state index contributed by atoms with van der Waals surface area (Å²) in [6.45, 7) is 3.59. The van der Waals surface area contributed by atoms with Crippen LogP contribution in [0.1, 0.15) is 18.9 Å². The Morgan fingerprint density at radius 1 is 1.17 bits per heavy atom. The molecule has 3 rings (SSSR count). The van der Waals surface area contributed by atoms with Crippen LogP contribution < -0.4 is 20.3 Å². The average Bonchev–Trinajstić information content (AvgIpc) is 3.05. The van der Waals surface area contributed by atoms with Crippen molar-refractivity contribution in [1.29, 1.82) is 0 Å². The molecule has 1 aliphatic heterocycles. The van der Waals surface area contributed by atoms with Gasteiger partial charge in [0, 0.05) is 25.6 Å². The van der Waals surface area contributed by atoms with Gasteiger partial charge in [-0.1, -0.05) is 17.7 Å². The highest BCUT2D eigenvalue weighted by molar-refractivity contribution is 6.34. The number of nitrogens with one attached hydrogen (secondary N) is 2. The van der Waals surface area contributed by atoms with Crippen molar-refractivity contribution in [3.8, 4) is 5.75 Å². The Labute approximate surface area is 174 Å². The second-order valence-electron chi connectivity index (χ2n) is 6.95. The Morgan fingerprint density at radius 2 is 1.93 bits per heavy atom. The highest BCUT2D eigenvalue weighted by atomic mass is 35.5. The zero-order chi connectivity index (χ0) is 21.1. The number of carbonyl (C=O) groups is 3. The van der Waals surface area contributed by atoms with E-state index < -0.39 is 5.92 Å². The molecule has 0 bridgehead atoms. The molecule has 0 spiro atoms. The maximum atomic E-state index is 12.7. The van der Waals surface area contributed by atoms with Crippen LogP contribution >= 0.6 is 11.6 Å². The Balaban J connectivity index is 1.72. The van der Waals surface area contributed by atoms with Gasteiger partial charge in [-0.05, 0) is 42.8 Å². The second kappa shape index (κ2) is 8.53. The number of methoxy groups -OCH3 is 1. The van der Waals surface area contributed by atoms with Crippen molar-refractivity contribution in [2.75, 3.05) is 29.2 Å². The number of nitrogens with zero attached hydrogens (tertiary/aromatic N) is 1. The Kier molecular flexibility index (Phi) is 6.08. The van der Waals surface area contributed by atoms with Gasteiger partial charge in [0.15, 0.2) is 0 Å². The smallest absolute Gasteiger partial charge is 0.229 e. The minimum absolute atomic E-state index is 0.112. The van der Waals surface area contributed by atoms with E-state index in [0.29, 0.717) is 27.8 Å². The number of amides is 3. The van der Waals surface area contributed by atoms with Crippen molar-refractivity contribution in [1.82, 2.24) is 0 Å². The van der Waals surface area contributed by atoms with Gasteiger partial charge in [-0.3, -0.25) is 14.4 Å². The van der Waals surface area contributed by atoms with Gasteiger partial charge < -0.3 is 20.3 Å². The molecule has 152 valence electrons. The number of ether oxygens (including phenoxy) is 1. The number of anilines is 3. The molecule has 8 heteroatoms. The molecule has 2 aromatic rings. The summed E-state index contributed by atoms with van der Waals surface area (Å²) >= 11 is 6.15. The summed E-state index contributed by atoms with van der Waals surface area (Å²) in [7, 11) is 1.55. The molecule has 1 fully saturated rings. The lowest BCUT2D eigenvalue weighted by atomic mass is 10.1. The van der Waals surface area contributed by atoms with Crippen molar-refractivity contribution in [2.24, 2.45) is 5.92 Å². The summed E-state index contributed by atoms with van der Waals surface area (Å²) in [5, 5.41) is 5.71. The number of halogens is 1. The Hall–Kier alpha value is -3.06. The summed E-state index contributed by atoms with van der Waals surface area (Å²) < 4.78 is 5.37. The van der Waals surface area contributed by atoms with Crippen LogP contribution in [-0.2, 0) is 14.4 Å². The van der Waals surface area contributed by atoms with Gasteiger partial charge >= 0.3 is 0 Å². The van der Waals surface area contributed by atoms with Gasteiger partial charge in [0.2, 0.25) is 17.7 Å². The number of carbonyl (C=O) groups excluding carboxylic acids is 3. The molecule has 1 unspecified atom stereocenters. The first-order valence-electron chi connectivity index (χ1n) is 9.11. The van der Waals surface area contributed by atoms with Crippen molar-refractivity contribution in [3.05, 3.63) is 47.0 Å². The van der Waals surface area contributed by atoms with Crippen LogP contribution in [0, 0.1) is 12.8 Å². The lowest BCUT2D eigenvalue weighted by Crippen LogP contribution is -2.28. The molecule has 1 saturated heterocycles. The van der Waals surface area contributed by atoms with Crippen LogP contribution in [0.3, 0.4) is 0 Å². The molecular weight excluding hydrogens is 394 g/mol. The maximum absolute atomic E-state index is 12.7. The number of benzene rings is 2. The first kappa shape index (κ1) is 20.7. The third kappa shape index (κ3) is 4.68. The summed E-state index contributed by atoms with van der Waals surface area (Å²) in [5.41, 5.74) is 2.62. The molecule has 3 amide bonds. The lowest BCUT2D eigenvalue weighted by molar-refractivity contribution is -0.122. The molecule has 1 aliphatic rings. The van der Waals surface area contributed by atoms with Crippen molar-refractivity contribution < 1.29 is 19.1 Å². The molecule has 2 aromatic carbocycles. The highest BCUT2D eigenvalue weighted by Gasteiger charge is 2.36. The summed E-state index contributed by atoms with van der Waals surface area (Å²) in [5.74, 6) is -0.546. The molecule has 1 atom stereocenters. The fraction of sp³-hybridized carbons (Fsp3) is 0.286. The minimum atomic E-state index is -0.499. The number of hydrogen-bond donors (Lipinski definition) is 2. The van der Waals surface area contributed by atoms with E-state index in [0.717, 1.165) is 5.56 Å². The molecule has 0 radical (unpaired) electrons. The van der Waals surface area contributed by atoms with Crippen LogP contribution in [0.4, 0.5) is 17.1 Å². The lowest BCUT2D eigenvalue weighted by Gasteiger charge is -2.20. The van der Waals surface area contributed by atoms with E-state index in [-0.39, 0.29) is 30.7 Å². The fourth-order valence-electron chi connectivity index (χ4n) is 3.26. The van der Waals surface area contributed by atoms with Crippen LogP contribution in [0.5, 0.6) is 5.75 Å². The fourth-order valence-corrected chi connectivity index (χ4v) is 3.48. The SMILES string of the molecule is COc1ccc(C)cc1N1CC(C(=O)Nc2ccc(NC(C)=O)c(Cl)c2)CC1=O. The molecular formula is C21H22ClN3O4. The Bertz CT molecular complexity index is 976. The first-order valence-corrected chi connectivity index (χ1v) is 9.49. The standard InChI is InChI=1S/C21H22ClN3O4/c1-12-4-7-19(29-3)18(8-12)25-11-14(9-20(25)27)21(28)24-15-5-6-17(16(22)10-15)23-13(2)26/h4-8,10,14H,9,11H2,1-3H3,(H,23,26)(H,24,28). The van der Waals surface area contributed by atoms with E-state index in [4.69, 9.17) is 16.3 Å². The van der Waals surface area contributed by atoms with Crippen LogP contribution in [0.2, 0.25) is 5.02 Å². The monoisotopic (exact) mass is 415 g/mol. The molecule has 1 heterocycles. The van der Waals surface area contributed by atoms with Gasteiger partial charge in [-0.15, -0.1) is 0 Å². The average molecular weight is 416 g/mol. The van der Waals surface area contributed by atoms with E-state index in [2.05, 4.69) is 10.6 Å². The minimum Gasteiger partial charge on any atom is -0.495 e. The number of hydrogen-bond acceptors (Lipinski definition) is 4. The normalized spacial score (nSPS) is 15.9. The highest BCUT2D eigenvalue weighted by Crippen LogP contribution is 2.34. The predicted octanol–water partition coefficient (Wildman–Crippen LogP) is 3.61. The largest absolute Gasteiger partial charge is 0.495 e. The maximum Gasteiger partial charge on any atom is 0.229 e. The third-order valence-corrected chi connectivity index (χ3v) is 4.98. The number of rotatable bonds is 5. The number of aryl methyl sites for hydroxylation is 1. The van der Waals surface area contributed by atoms with Crippen molar-refractivity contribution >= 4 is 46.4 Å². The van der Waals surface area contributed by atoms with E-state index >= 15 is 0 Å². The zero-order valence-electron chi connectivity index (χ0n) is 16.4. The van der Waals surface area contributed by atoms with Crippen LogP contribution in [-0.4, -0.2) is 31.4 Å². The summed E-state index contributed by atoms with van der Waals surface area (Å²) in [6.07, 6.45) is 0.112. The molecule has 2 N–H and O–H groups in total. The van der Waals surface area contributed by atoms with Crippen LogP contribution in [0.15, 0.2) is 36.4 Å². The predicted molar refractivity (Wildman–Crippen MR) is 113 cm³/mol. The topological polar surface area (TPSA) is 87.7 Å². The molecule has 0 aromatic heterocycles. The van der Waals surface area contributed by atoms with Crippen molar-refractivity contribution in [2.45, 2.75) is 20.3 Å². The molecule has 0 aliphatic carbocycles. The van der Waals surface area contributed by atoms with Crippen molar-refractivity contribution in [3.63, 3.8) is 0 Å². The second-order valence-corrected chi connectivity index (χ2v) is 7.35. The Morgan fingerprint density at radius 3 is 2.59 bits per heavy atom. The quantitative estimate of drug-likeness (QED) is 0.780. The molecule has 0 saturated carbocycles. The molecule has 7 nitrogen and oxygen atoms in total. The van der Waals surface area contributed by atoms with Gasteiger partial charge in [0.1, 0.15) is 5.75 Å². The van der Waals surface area contributed by atoms with E-state index in [1.807, 2.05) is 25.1 Å². The zero-order valence-corrected chi connectivity index (χ0v) is 17.2. The van der Waals surface area contributed by atoms with E-state index in [1.54, 1.807) is 30.2 Å². The van der Waals surface area contributed by atoms with Crippen LogP contribution in [0.25, 0.3) is 0 Å². The van der Waals surface area contributed by atoms with Gasteiger partial charge in [-0.25, -0.2) is 0 Å². The third-order valence-electron chi connectivity index (χ3n) is 4.67. The van der Waals surface area contributed by atoms with Gasteiger partial charge in [-0.2, -0.15) is 0 Å². The summed E-state index contributed by atoms with van der Waals surface area (Å²) in [4.78, 5) is 38.0. The molecule has 29 heavy (non-hydrogen) atoms.